The number of aromatic nitrogens is 1. The average Bonchev–Trinajstić information content (AvgIpc) is 2.29. The van der Waals surface area contributed by atoms with E-state index >= 15 is 0 Å². The molecule has 0 bridgehead atoms. The summed E-state index contributed by atoms with van der Waals surface area (Å²) in [7, 11) is 0. The summed E-state index contributed by atoms with van der Waals surface area (Å²) in [6.07, 6.45) is 5.26. The number of nitrogens with one attached hydrogen (secondary N) is 1. The summed E-state index contributed by atoms with van der Waals surface area (Å²) in [5, 5.41) is 3.51. The van der Waals surface area contributed by atoms with Gasteiger partial charge in [-0.2, -0.15) is 0 Å². The molecule has 1 aromatic heterocycles. The normalized spacial score (nSPS) is 26.8. The van der Waals surface area contributed by atoms with E-state index < -0.39 is 0 Å². The smallest absolute Gasteiger partial charge is 0.141 e. The molecule has 0 radical (unpaired) electrons. The number of halogens is 1. The molecule has 0 aromatic carbocycles. The Hall–Kier alpha value is -1.00. The van der Waals surface area contributed by atoms with Crippen molar-refractivity contribution >= 4 is 0 Å². The minimum absolute atomic E-state index is 0.119. The summed E-state index contributed by atoms with van der Waals surface area (Å²) in [4.78, 5) is 3.87. The fraction of sp³-hybridized carbons (Fsp3) is 0.615. The molecule has 1 fully saturated rings. The Bertz CT molecular complexity index is 372. The Morgan fingerprint density at radius 2 is 2.35 bits per heavy atom. The van der Waals surface area contributed by atoms with Crippen molar-refractivity contribution in [3.63, 3.8) is 0 Å². The van der Waals surface area contributed by atoms with Gasteiger partial charge in [0.25, 0.3) is 0 Å². The fourth-order valence-electron chi connectivity index (χ4n) is 2.26. The Balaban J connectivity index is 1.94. The second kappa shape index (κ2) is 5.56. The molecule has 3 nitrogen and oxygen atoms in total. The molecule has 3 atom stereocenters. The van der Waals surface area contributed by atoms with Crippen LogP contribution in [0.2, 0.25) is 0 Å². The van der Waals surface area contributed by atoms with Crippen molar-refractivity contribution in [3.8, 4) is 0 Å². The van der Waals surface area contributed by atoms with Gasteiger partial charge in [0.15, 0.2) is 0 Å². The zero-order valence-electron chi connectivity index (χ0n) is 10.3. The standard InChI is InChI=1S/C13H19FN2O/c1-9-5-13(3-4-17-9)16-10(2)11-6-12(14)8-15-7-11/h6-10,13,16H,3-5H2,1-2H3. The van der Waals surface area contributed by atoms with Crippen molar-refractivity contribution in [2.24, 2.45) is 0 Å². The Morgan fingerprint density at radius 3 is 3.06 bits per heavy atom. The van der Waals surface area contributed by atoms with E-state index in [9.17, 15) is 4.39 Å². The molecule has 0 spiro atoms. The van der Waals surface area contributed by atoms with E-state index in [1.807, 2.05) is 6.92 Å². The van der Waals surface area contributed by atoms with E-state index in [0.717, 1.165) is 25.0 Å². The van der Waals surface area contributed by atoms with Gasteiger partial charge in [-0.15, -0.1) is 0 Å². The van der Waals surface area contributed by atoms with Crippen molar-refractivity contribution < 1.29 is 9.13 Å². The predicted molar refractivity (Wildman–Crippen MR) is 64.2 cm³/mol. The number of pyridine rings is 1. The van der Waals surface area contributed by atoms with Crippen molar-refractivity contribution in [2.75, 3.05) is 6.61 Å². The molecular weight excluding hydrogens is 219 g/mol. The molecule has 2 rings (SSSR count). The lowest BCUT2D eigenvalue weighted by molar-refractivity contribution is 0.0116. The lowest BCUT2D eigenvalue weighted by Gasteiger charge is -2.30. The summed E-state index contributed by atoms with van der Waals surface area (Å²) < 4.78 is 18.6. The van der Waals surface area contributed by atoms with Crippen LogP contribution in [0.4, 0.5) is 4.39 Å². The highest BCUT2D eigenvalue weighted by Crippen LogP contribution is 2.18. The van der Waals surface area contributed by atoms with Crippen LogP contribution in [-0.2, 0) is 4.74 Å². The zero-order chi connectivity index (χ0) is 12.3. The average molecular weight is 238 g/mol. The molecule has 0 amide bonds. The fourth-order valence-corrected chi connectivity index (χ4v) is 2.26. The third kappa shape index (κ3) is 3.48. The first-order valence-corrected chi connectivity index (χ1v) is 6.13. The van der Waals surface area contributed by atoms with Crippen molar-refractivity contribution in [1.82, 2.24) is 10.3 Å². The highest BCUT2D eigenvalue weighted by Gasteiger charge is 2.21. The van der Waals surface area contributed by atoms with Gasteiger partial charge in [0, 0.05) is 24.9 Å². The molecule has 0 saturated carbocycles. The summed E-state index contributed by atoms with van der Waals surface area (Å²) in [5.41, 5.74) is 0.893. The number of hydrogen-bond acceptors (Lipinski definition) is 3. The maximum absolute atomic E-state index is 13.1. The summed E-state index contributed by atoms with van der Waals surface area (Å²) in [6, 6.07) is 2.10. The Kier molecular flexibility index (Phi) is 4.07. The monoisotopic (exact) mass is 238 g/mol. The van der Waals surface area contributed by atoms with Crippen molar-refractivity contribution in [2.45, 2.75) is 44.9 Å². The van der Waals surface area contributed by atoms with Crippen LogP contribution in [0.1, 0.15) is 38.3 Å². The molecular formula is C13H19FN2O. The topological polar surface area (TPSA) is 34.2 Å². The SMILES string of the molecule is CC1CC(NC(C)c2cncc(F)c2)CCO1. The Morgan fingerprint density at radius 1 is 1.53 bits per heavy atom. The molecule has 17 heavy (non-hydrogen) atoms. The van der Waals surface area contributed by atoms with Gasteiger partial charge < -0.3 is 10.1 Å². The lowest BCUT2D eigenvalue weighted by Crippen LogP contribution is -2.39. The molecule has 1 saturated heterocycles. The summed E-state index contributed by atoms with van der Waals surface area (Å²) in [5.74, 6) is -0.281. The molecule has 1 aliphatic rings. The van der Waals surface area contributed by atoms with Gasteiger partial charge in [-0.3, -0.25) is 4.98 Å². The van der Waals surface area contributed by atoms with Gasteiger partial charge in [-0.1, -0.05) is 0 Å². The Labute approximate surface area is 101 Å². The van der Waals surface area contributed by atoms with Crippen LogP contribution in [-0.4, -0.2) is 23.7 Å². The second-order valence-corrected chi connectivity index (χ2v) is 4.73. The van der Waals surface area contributed by atoms with Crippen LogP contribution >= 0.6 is 0 Å². The third-order valence-electron chi connectivity index (χ3n) is 3.20. The third-order valence-corrected chi connectivity index (χ3v) is 3.20. The van der Waals surface area contributed by atoms with Crippen molar-refractivity contribution in [3.05, 3.63) is 29.8 Å². The quantitative estimate of drug-likeness (QED) is 0.878. The van der Waals surface area contributed by atoms with Crippen LogP contribution in [0.5, 0.6) is 0 Å². The first-order chi connectivity index (χ1) is 8.15. The molecule has 2 heterocycles. The van der Waals surface area contributed by atoms with Gasteiger partial charge in [0.05, 0.1) is 12.3 Å². The molecule has 4 heteroatoms. The van der Waals surface area contributed by atoms with E-state index in [2.05, 4.69) is 17.2 Å². The second-order valence-electron chi connectivity index (χ2n) is 4.73. The molecule has 3 unspecified atom stereocenters. The van der Waals surface area contributed by atoms with Gasteiger partial charge in [0.1, 0.15) is 5.82 Å². The van der Waals surface area contributed by atoms with E-state index in [1.165, 1.54) is 12.3 Å². The first-order valence-electron chi connectivity index (χ1n) is 6.13. The van der Waals surface area contributed by atoms with Crippen molar-refractivity contribution in [1.29, 1.82) is 0 Å². The van der Waals surface area contributed by atoms with Crippen LogP contribution in [0.3, 0.4) is 0 Å². The predicted octanol–water partition coefficient (Wildman–Crippen LogP) is 2.44. The summed E-state index contributed by atoms with van der Waals surface area (Å²) in [6.45, 7) is 4.92. The molecule has 1 aromatic rings. The van der Waals surface area contributed by atoms with E-state index in [4.69, 9.17) is 4.74 Å². The van der Waals surface area contributed by atoms with E-state index in [-0.39, 0.29) is 11.9 Å². The van der Waals surface area contributed by atoms with Gasteiger partial charge in [0.2, 0.25) is 0 Å². The molecule has 1 N–H and O–H groups in total. The van der Waals surface area contributed by atoms with E-state index in [0.29, 0.717) is 12.1 Å². The van der Waals surface area contributed by atoms with E-state index in [1.54, 1.807) is 6.20 Å². The van der Waals surface area contributed by atoms with Crippen LogP contribution in [0.15, 0.2) is 18.5 Å². The first kappa shape index (κ1) is 12.5. The van der Waals surface area contributed by atoms with Gasteiger partial charge in [-0.05, 0) is 38.3 Å². The molecule has 1 aliphatic heterocycles. The highest BCUT2D eigenvalue weighted by molar-refractivity contribution is 5.14. The minimum atomic E-state index is -0.281. The molecule has 0 aliphatic carbocycles. The number of rotatable bonds is 3. The highest BCUT2D eigenvalue weighted by atomic mass is 19.1. The van der Waals surface area contributed by atoms with Crippen LogP contribution in [0, 0.1) is 5.82 Å². The van der Waals surface area contributed by atoms with Crippen LogP contribution < -0.4 is 5.32 Å². The number of hydrogen-bond donors (Lipinski definition) is 1. The van der Waals surface area contributed by atoms with Gasteiger partial charge >= 0.3 is 0 Å². The zero-order valence-corrected chi connectivity index (χ0v) is 10.3. The van der Waals surface area contributed by atoms with Crippen LogP contribution in [0.25, 0.3) is 0 Å². The maximum atomic E-state index is 13.1. The van der Waals surface area contributed by atoms with Gasteiger partial charge in [-0.25, -0.2) is 4.39 Å². The lowest BCUT2D eigenvalue weighted by atomic mass is 10.0. The number of ether oxygens (including phenoxy) is 1. The summed E-state index contributed by atoms with van der Waals surface area (Å²) >= 11 is 0. The largest absolute Gasteiger partial charge is 0.378 e. The molecule has 94 valence electrons. The maximum Gasteiger partial charge on any atom is 0.141 e. The number of nitrogens with zero attached hydrogens (tertiary/aromatic N) is 1. The minimum Gasteiger partial charge on any atom is -0.378 e.